The molecule has 0 atom stereocenters. The molecule has 0 nitrogen and oxygen atoms in total. The van der Waals surface area contributed by atoms with Gasteiger partial charge in [0.05, 0.1) is 0 Å². The van der Waals surface area contributed by atoms with Crippen LogP contribution >= 0.6 is 0 Å². The Bertz CT molecular complexity index is 407. The lowest BCUT2D eigenvalue weighted by molar-refractivity contribution is 1.37. The van der Waals surface area contributed by atoms with Crippen molar-refractivity contribution in [3.05, 3.63) is 59.7 Å². The molecule has 0 fully saturated rings. The van der Waals surface area contributed by atoms with E-state index < -0.39 is 0 Å². The minimum absolute atomic E-state index is 1.29. The van der Waals surface area contributed by atoms with Crippen molar-refractivity contribution in [2.24, 2.45) is 0 Å². The van der Waals surface area contributed by atoms with E-state index in [1.165, 1.54) is 22.3 Å². The number of hydrogen-bond acceptors (Lipinski definition) is 0. The van der Waals surface area contributed by atoms with E-state index in [4.69, 9.17) is 0 Å². The normalized spacial score (nSPS) is 10.1. The van der Waals surface area contributed by atoms with Crippen LogP contribution < -0.4 is 0 Å². The third kappa shape index (κ3) is 1.56. The fourth-order valence-electron chi connectivity index (χ4n) is 1.81. The van der Waals surface area contributed by atoms with E-state index in [9.17, 15) is 0 Å². The van der Waals surface area contributed by atoms with Crippen molar-refractivity contribution in [1.29, 1.82) is 0 Å². The van der Waals surface area contributed by atoms with Gasteiger partial charge in [-0.05, 0) is 42.2 Å². The van der Waals surface area contributed by atoms with Crippen molar-refractivity contribution in [1.82, 2.24) is 0 Å². The molecule has 0 heterocycles. The molecule has 69 valence electrons. The lowest BCUT2D eigenvalue weighted by Gasteiger charge is -2.08. The monoisotopic (exact) mass is 181 g/mol. The van der Waals surface area contributed by atoms with E-state index in [0.29, 0.717) is 0 Å². The summed E-state index contributed by atoms with van der Waals surface area (Å²) in [6.07, 6.45) is 0. The Kier molecular flexibility index (Phi) is 2.36. The van der Waals surface area contributed by atoms with Gasteiger partial charge >= 0.3 is 0 Å². The number of benzene rings is 2. The molecule has 0 saturated carbocycles. The standard InChI is InChI=1S/C14H13/c1-11-7-6-8-12(2)14(11)13-9-4-3-5-10-13/h3-5,7-10H,1-2H3. The molecular formula is C14H13. The molecule has 2 aromatic carbocycles. The average Bonchev–Trinajstić information content (AvgIpc) is 2.19. The van der Waals surface area contributed by atoms with Gasteiger partial charge in [-0.3, -0.25) is 0 Å². The predicted molar refractivity (Wildman–Crippen MR) is 60.2 cm³/mol. The van der Waals surface area contributed by atoms with E-state index in [1.54, 1.807) is 0 Å². The Morgan fingerprint density at radius 1 is 0.857 bits per heavy atom. The van der Waals surface area contributed by atoms with Gasteiger partial charge in [0.2, 0.25) is 0 Å². The molecule has 2 rings (SSSR count). The number of rotatable bonds is 1. The second-order valence-corrected chi connectivity index (χ2v) is 3.56. The van der Waals surface area contributed by atoms with Crippen LogP contribution in [0.4, 0.5) is 0 Å². The molecule has 0 saturated heterocycles. The van der Waals surface area contributed by atoms with Crippen molar-refractivity contribution in [2.45, 2.75) is 13.8 Å². The first-order chi connectivity index (χ1) is 6.79. The molecule has 14 heavy (non-hydrogen) atoms. The molecule has 0 spiro atoms. The first-order valence-electron chi connectivity index (χ1n) is 4.82. The number of aryl methyl sites for hydroxylation is 2. The molecule has 0 N–H and O–H groups in total. The Hall–Kier alpha value is -1.56. The SMILES string of the molecule is Cc1c[c]cc(C)c1-c1ccccc1. The minimum Gasteiger partial charge on any atom is -0.0622 e. The fourth-order valence-corrected chi connectivity index (χ4v) is 1.81. The predicted octanol–water partition coefficient (Wildman–Crippen LogP) is 3.77. The molecular weight excluding hydrogens is 168 g/mol. The minimum atomic E-state index is 1.29. The fraction of sp³-hybridized carbons (Fsp3) is 0.143. The maximum Gasteiger partial charge on any atom is -0.0125 e. The molecule has 0 unspecified atom stereocenters. The summed E-state index contributed by atoms with van der Waals surface area (Å²) in [6, 6.07) is 17.7. The summed E-state index contributed by atoms with van der Waals surface area (Å²) >= 11 is 0. The summed E-state index contributed by atoms with van der Waals surface area (Å²) in [5.41, 5.74) is 5.20. The van der Waals surface area contributed by atoms with Crippen LogP contribution in [0, 0.1) is 19.9 Å². The van der Waals surface area contributed by atoms with E-state index in [0.717, 1.165) is 0 Å². The first-order valence-corrected chi connectivity index (χ1v) is 4.82. The van der Waals surface area contributed by atoms with Crippen LogP contribution in [0.15, 0.2) is 42.5 Å². The van der Waals surface area contributed by atoms with Gasteiger partial charge < -0.3 is 0 Å². The summed E-state index contributed by atoms with van der Waals surface area (Å²) in [5.74, 6) is 0. The van der Waals surface area contributed by atoms with Crippen molar-refractivity contribution >= 4 is 0 Å². The quantitative estimate of drug-likeness (QED) is 0.628. The van der Waals surface area contributed by atoms with Gasteiger partial charge in [0, 0.05) is 0 Å². The molecule has 1 radical (unpaired) electrons. The first kappa shape index (κ1) is 9.01. The summed E-state index contributed by atoms with van der Waals surface area (Å²) < 4.78 is 0. The zero-order valence-corrected chi connectivity index (χ0v) is 8.54. The molecule has 2 aromatic rings. The van der Waals surface area contributed by atoms with Crippen LogP contribution in [-0.4, -0.2) is 0 Å². The van der Waals surface area contributed by atoms with Gasteiger partial charge in [-0.2, -0.15) is 0 Å². The van der Waals surface area contributed by atoms with Crippen molar-refractivity contribution < 1.29 is 0 Å². The number of hydrogen-bond donors (Lipinski definition) is 0. The highest BCUT2D eigenvalue weighted by Gasteiger charge is 2.03. The van der Waals surface area contributed by atoms with Crippen LogP contribution in [-0.2, 0) is 0 Å². The van der Waals surface area contributed by atoms with Crippen LogP contribution in [0.5, 0.6) is 0 Å². The van der Waals surface area contributed by atoms with Gasteiger partial charge in [0.1, 0.15) is 0 Å². The Labute approximate surface area is 85.2 Å². The van der Waals surface area contributed by atoms with E-state index in [-0.39, 0.29) is 0 Å². The second kappa shape index (κ2) is 3.67. The maximum absolute atomic E-state index is 3.14. The topological polar surface area (TPSA) is 0 Å². The maximum atomic E-state index is 3.14. The third-order valence-corrected chi connectivity index (χ3v) is 2.45. The molecule has 0 heteroatoms. The molecule has 0 aromatic heterocycles. The summed E-state index contributed by atoms with van der Waals surface area (Å²) in [7, 11) is 0. The van der Waals surface area contributed by atoms with Gasteiger partial charge in [-0.25, -0.2) is 0 Å². The van der Waals surface area contributed by atoms with Gasteiger partial charge in [0.25, 0.3) is 0 Å². The highest BCUT2D eigenvalue weighted by Crippen LogP contribution is 2.26. The molecule has 0 amide bonds. The van der Waals surface area contributed by atoms with E-state index in [1.807, 2.05) is 18.2 Å². The van der Waals surface area contributed by atoms with Gasteiger partial charge in [0.15, 0.2) is 0 Å². The van der Waals surface area contributed by atoms with Crippen LogP contribution in [0.1, 0.15) is 11.1 Å². The van der Waals surface area contributed by atoms with Crippen molar-refractivity contribution in [2.75, 3.05) is 0 Å². The third-order valence-electron chi connectivity index (χ3n) is 2.45. The summed E-state index contributed by atoms with van der Waals surface area (Å²) in [5, 5.41) is 0. The second-order valence-electron chi connectivity index (χ2n) is 3.56. The molecule has 0 aliphatic rings. The molecule has 0 aliphatic heterocycles. The van der Waals surface area contributed by atoms with Gasteiger partial charge in [-0.15, -0.1) is 0 Å². The Morgan fingerprint density at radius 2 is 1.43 bits per heavy atom. The Balaban J connectivity index is 2.63. The van der Waals surface area contributed by atoms with E-state index in [2.05, 4.69) is 44.2 Å². The largest absolute Gasteiger partial charge is 0.0622 e. The van der Waals surface area contributed by atoms with Gasteiger partial charge in [-0.1, -0.05) is 42.5 Å². The zero-order chi connectivity index (χ0) is 9.97. The average molecular weight is 181 g/mol. The van der Waals surface area contributed by atoms with Crippen LogP contribution in [0.3, 0.4) is 0 Å². The zero-order valence-electron chi connectivity index (χ0n) is 8.54. The van der Waals surface area contributed by atoms with Crippen molar-refractivity contribution in [3.63, 3.8) is 0 Å². The van der Waals surface area contributed by atoms with Crippen LogP contribution in [0.2, 0.25) is 0 Å². The lowest BCUT2D eigenvalue weighted by atomic mass is 9.96. The summed E-state index contributed by atoms with van der Waals surface area (Å²) in [4.78, 5) is 0. The van der Waals surface area contributed by atoms with Crippen LogP contribution in [0.25, 0.3) is 11.1 Å². The summed E-state index contributed by atoms with van der Waals surface area (Å²) in [6.45, 7) is 4.26. The Morgan fingerprint density at radius 3 is 2.00 bits per heavy atom. The van der Waals surface area contributed by atoms with E-state index >= 15 is 0 Å². The molecule has 0 aliphatic carbocycles. The highest BCUT2D eigenvalue weighted by atomic mass is 14.1. The van der Waals surface area contributed by atoms with Crippen molar-refractivity contribution in [3.8, 4) is 11.1 Å². The highest BCUT2D eigenvalue weighted by molar-refractivity contribution is 5.70. The smallest absolute Gasteiger partial charge is 0.0125 e. The lowest BCUT2D eigenvalue weighted by Crippen LogP contribution is -1.86. The molecule has 0 bridgehead atoms.